The minimum absolute atomic E-state index is 0.103. The summed E-state index contributed by atoms with van der Waals surface area (Å²) >= 11 is 0. The summed E-state index contributed by atoms with van der Waals surface area (Å²) in [5, 5.41) is 4.81. The van der Waals surface area contributed by atoms with E-state index in [9.17, 15) is 4.79 Å². The number of anilines is 1. The van der Waals surface area contributed by atoms with Crippen LogP contribution in [0.1, 0.15) is 20.3 Å². The van der Waals surface area contributed by atoms with Gasteiger partial charge in [0, 0.05) is 38.1 Å². The van der Waals surface area contributed by atoms with Crippen molar-refractivity contribution in [2.24, 2.45) is 0 Å². The summed E-state index contributed by atoms with van der Waals surface area (Å²) in [6, 6.07) is 7.94. The number of carbonyl (C=O) groups is 1. The van der Waals surface area contributed by atoms with Crippen molar-refractivity contribution in [1.29, 1.82) is 0 Å². The maximum absolute atomic E-state index is 12.2. The van der Waals surface area contributed by atoms with E-state index in [0.29, 0.717) is 0 Å². The second-order valence-electron chi connectivity index (χ2n) is 7.27. The number of pyridine rings is 1. The van der Waals surface area contributed by atoms with Crippen LogP contribution in [0, 0.1) is 0 Å². The Bertz CT molecular complexity index is 971. The smallest absolute Gasteiger partial charge is 0.410 e. The second-order valence-corrected chi connectivity index (χ2v) is 7.27. The third-order valence-corrected chi connectivity index (χ3v) is 4.98. The number of hydrogen-bond acceptors (Lipinski definition) is 6. The molecule has 1 atom stereocenters. The first-order valence-electron chi connectivity index (χ1n) is 9.46. The topological polar surface area (TPSA) is 75.9 Å². The third kappa shape index (κ3) is 3.49. The predicted octanol–water partition coefficient (Wildman–Crippen LogP) is 2.85. The van der Waals surface area contributed by atoms with Gasteiger partial charge in [-0.25, -0.2) is 14.3 Å². The van der Waals surface area contributed by atoms with Crippen LogP contribution in [0.2, 0.25) is 0 Å². The lowest BCUT2D eigenvalue weighted by atomic mass is 10.2. The van der Waals surface area contributed by atoms with Crippen LogP contribution >= 0.6 is 0 Å². The van der Waals surface area contributed by atoms with Crippen LogP contribution < -0.4 is 4.90 Å². The van der Waals surface area contributed by atoms with Crippen LogP contribution in [0.25, 0.3) is 16.9 Å². The van der Waals surface area contributed by atoms with Gasteiger partial charge < -0.3 is 14.5 Å². The number of rotatable bonds is 4. The molecule has 1 amide bonds. The number of fused-ring (bicyclic) bond motifs is 1. The van der Waals surface area contributed by atoms with E-state index in [1.54, 1.807) is 24.3 Å². The highest BCUT2D eigenvalue weighted by atomic mass is 16.6. The van der Waals surface area contributed by atoms with E-state index in [4.69, 9.17) is 9.84 Å². The quantitative estimate of drug-likeness (QED) is 0.693. The number of aromatic nitrogens is 4. The first kappa shape index (κ1) is 18.2. The van der Waals surface area contributed by atoms with Crippen molar-refractivity contribution in [3.8, 4) is 11.3 Å². The first-order chi connectivity index (χ1) is 13.5. The Morgan fingerprint density at radius 3 is 2.79 bits per heavy atom. The summed E-state index contributed by atoms with van der Waals surface area (Å²) in [5.41, 5.74) is 2.74. The van der Waals surface area contributed by atoms with Crippen molar-refractivity contribution in [3.05, 3.63) is 42.9 Å². The highest BCUT2D eigenvalue weighted by Crippen LogP contribution is 2.24. The molecule has 28 heavy (non-hydrogen) atoms. The fourth-order valence-corrected chi connectivity index (χ4v) is 3.45. The number of imidazole rings is 1. The monoisotopic (exact) mass is 380 g/mol. The zero-order valence-electron chi connectivity index (χ0n) is 16.3. The third-order valence-electron chi connectivity index (χ3n) is 4.98. The molecule has 0 unspecified atom stereocenters. The maximum atomic E-state index is 12.2. The average molecular weight is 380 g/mol. The van der Waals surface area contributed by atoms with Crippen molar-refractivity contribution in [1.82, 2.24) is 24.5 Å². The zero-order chi connectivity index (χ0) is 19.7. The van der Waals surface area contributed by atoms with Crippen LogP contribution in [0.15, 0.2) is 42.9 Å². The SMILES string of the molecule is CC(C)OC(=O)N(C)[C@H]1CCN(c2ccc3ncc(-c4ccncc4)n3n2)C1. The van der Waals surface area contributed by atoms with E-state index in [1.807, 2.05) is 48.8 Å². The fraction of sp³-hybridized carbons (Fsp3) is 0.400. The van der Waals surface area contributed by atoms with Gasteiger partial charge in [-0.15, -0.1) is 5.10 Å². The zero-order valence-corrected chi connectivity index (χ0v) is 16.3. The Labute approximate surface area is 163 Å². The maximum Gasteiger partial charge on any atom is 0.410 e. The highest BCUT2D eigenvalue weighted by Gasteiger charge is 2.30. The highest BCUT2D eigenvalue weighted by molar-refractivity contribution is 5.68. The minimum atomic E-state index is -0.278. The van der Waals surface area contributed by atoms with Gasteiger partial charge in [-0.3, -0.25) is 4.98 Å². The van der Waals surface area contributed by atoms with Crippen LogP contribution in [0.4, 0.5) is 10.6 Å². The van der Waals surface area contributed by atoms with Crippen LogP contribution in [-0.2, 0) is 4.74 Å². The molecule has 3 aromatic heterocycles. The van der Waals surface area contributed by atoms with Crippen molar-refractivity contribution in [2.45, 2.75) is 32.4 Å². The Morgan fingerprint density at radius 2 is 2.04 bits per heavy atom. The molecule has 3 aromatic rings. The Morgan fingerprint density at radius 1 is 1.25 bits per heavy atom. The Balaban J connectivity index is 1.55. The molecule has 4 heterocycles. The number of likely N-dealkylation sites (N-methyl/N-ethyl adjacent to an activating group) is 1. The number of hydrogen-bond donors (Lipinski definition) is 0. The van der Waals surface area contributed by atoms with Crippen LogP contribution in [-0.4, -0.2) is 62.9 Å². The molecule has 0 saturated carbocycles. The van der Waals surface area contributed by atoms with E-state index < -0.39 is 0 Å². The largest absolute Gasteiger partial charge is 0.447 e. The molecule has 0 radical (unpaired) electrons. The van der Waals surface area contributed by atoms with Crippen molar-refractivity contribution in [2.75, 3.05) is 25.0 Å². The predicted molar refractivity (Wildman–Crippen MR) is 106 cm³/mol. The first-order valence-corrected chi connectivity index (χ1v) is 9.46. The van der Waals surface area contributed by atoms with Gasteiger partial charge in [0.05, 0.1) is 24.0 Å². The number of ether oxygens (including phenoxy) is 1. The summed E-state index contributed by atoms with van der Waals surface area (Å²) < 4.78 is 7.17. The lowest BCUT2D eigenvalue weighted by Gasteiger charge is -2.25. The average Bonchev–Trinajstić information content (AvgIpc) is 3.34. The molecule has 0 N–H and O–H groups in total. The summed E-state index contributed by atoms with van der Waals surface area (Å²) in [7, 11) is 1.80. The van der Waals surface area contributed by atoms with E-state index in [1.165, 1.54) is 0 Å². The van der Waals surface area contributed by atoms with Gasteiger partial charge in [-0.05, 0) is 44.5 Å². The van der Waals surface area contributed by atoms with Gasteiger partial charge in [0.2, 0.25) is 0 Å². The summed E-state index contributed by atoms with van der Waals surface area (Å²) in [4.78, 5) is 24.6. The van der Waals surface area contributed by atoms with E-state index in [0.717, 1.165) is 42.2 Å². The molecule has 146 valence electrons. The molecule has 0 spiro atoms. The molecule has 0 bridgehead atoms. The summed E-state index contributed by atoms with van der Waals surface area (Å²) in [6.07, 6.45) is 5.82. The minimum Gasteiger partial charge on any atom is -0.447 e. The summed E-state index contributed by atoms with van der Waals surface area (Å²) in [5.74, 6) is 0.869. The molecule has 1 aliphatic heterocycles. The lowest BCUT2D eigenvalue weighted by molar-refractivity contribution is 0.0748. The standard InChI is InChI=1S/C20H24N6O2/c1-14(2)28-20(27)24(3)16-8-11-25(13-16)19-5-4-18-22-12-17(26(18)23-19)15-6-9-21-10-7-15/h4-7,9-10,12,14,16H,8,11,13H2,1-3H3/t16-/m0/s1. The number of carbonyl (C=O) groups excluding carboxylic acids is 1. The van der Waals surface area contributed by atoms with Gasteiger partial charge in [0.1, 0.15) is 5.82 Å². The van der Waals surface area contributed by atoms with Gasteiger partial charge in [0.15, 0.2) is 5.65 Å². The van der Waals surface area contributed by atoms with Crippen LogP contribution in [0.5, 0.6) is 0 Å². The summed E-state index contributed by atoms with van der Waals surface area (Å²) in [6.45, 7) is 5.28. The number of amides is 1. The van der Waals surface area contributed by atoms with E-state index in [2.05, 4.69) is 14.9 Å². The molecule has 0 aromatic carbocycles. The van der Waals surface area contributed by atoms with E-state index in [-0.39, 0.29) is 18.2 Å². The molecule has 0 aliphatic carbocycles. The van der Waals surface area contributed by atoms with Gasteiger partial charge in [-0.1, -0.05) is 0 Å². The van der Waals surface area contributed by atoms with E-state index >= 15 is 0 Å². The van der Waals surface area contributed by atoms with Crippen molar-refractivity contribution < 1.29 is 9.53 Å². The van der Waals surface area contributed by atoms with Gasteiger partial charge >= 0.3 is 6.09 Å². The van der Waals surface area contributed by atoms with Gasteiger partial charge in [-0.2, -0.15) is 0 Å². The molecular formula is C20H24N6O2. The second kappa shape index (κ2) is 7.46. The normalized spacial score (nSPS) is 16.7. The lowest BCUT2D eigenvalue weighted by Crippen LogP contribution is -2.40. The fourth-order valence-electron chi connectivity index (χ4n) is 3.45. The van der Waals surface area contributed by atoms with Gasteiger partial charge in [0.25, 0.3) is 0 Å². The molecule has 8 heteroatoms. The molecule has 1 aliphatic rings. The van der Waals surface area contributed by atoms with Crippen molar-refractivity contribution >= 4 is 17.6 Å². The Kier molecular flexibility index (Phi) is 4.85. The molecular weight excluding hydrogens is 356 g/mol. The number of nitrogens with zero attached hydrogens (tertiary/aromatic N) is 6. The Hall–Kier alpha value is -3.16. The molecule has 1 saturated heterocycles. The molecule has 8 nitrogen and oxygen atoms in total. The molecule has 1 fully saturated rings. The molecule has 4 rings (SSSR count). The van der Waals surface area contributed by atoms with Crippen LogP contribution in [0.3, 0.4) is 0 Å². The van der Waals surface area contributed by atoms with Crippen molar-refractivity contribution in [3.63, 3.8) is 0 Å².